The van der Waals surface area contributed by atoms with Crippen LogP contribution in [0.4, 0.5) is 5.69 Å². The molecule has 0 saturated carbocycles. The first kappa shape index (κ1) is 13.5. The summed E-state index contributed by atoms with van der Waals surface area (Å²) < 4.78 is 10.6. The number of para-hydroxylation sites is 1. The molecule has 0 atom stereocenters. The largest absolute Gasteiger partial charge is 0.466 e. The Morgan fingerprint density at radius 2 is 1.76 bits per heavy atom. The van der Waals surface area contributed by atoms with Gasteiger partial charge in [0.2, 0.25) is 0 Å². The summed E-state index contributed by atoms with van der Waals surface area (Å²) in [6.45, 7) is 4.92. The van der Waals surface area contributed by atoms with Gasteiger partial charge in [0.25, 0.3) is 5.95 Å². The van der Waals surface area contributed by atoms with Crippen molar-refractivity contribution in [2.45, 2.75) is 13.8 Å². The van der Waals surface area contributed by atoms with E-state index in [-0.39, 0.29) is 0 Å². The molecular formula is C13H17NO2S. The van der Waals surface area contributed by atoms with Crippen LogP contribution in [0.1, 0.15) is 13.8 Å². The van der Waals surface area contributed by atoms with Gasteiger partial charge in [-0.25, -0.2) is 0 Å². The first-order valence-corrected chi connectivity index (χ1v) is 6.00. The van der Waals surface area contributed by atoms with Crippen molar-refractivity contribution in [1.29, 1.82) is 0 Å². The Morgan fingerprint density at radius 1 is 1.18 bits per heavy atom. The van der Waals surface area contributed by atoms with E-state index in [0.29, 0.717) is 24.1 Å². The van der Waals surface area contributed by atoms with Crippen LogP contribution in [0.2, 0.25) is 0 Å². The van der Waals surface area contributed by atoms with Crippen molar-refractivity contribution < 1.29 is 9.47 Å². The summed E-state index contributed by atoms with van der Waals surface area (Å²) in [5.74, 6) is 0.448. The number of hydrogen-bond acceptors (Lipinski definition) is 3. The molecule has 0 aliphatic rings. The number of nitrogens with one attached hydrogen (secondary N) is 1. The van der Waals surface area contributed by atoms with Crippen LogP contribution >= 0.6 is 12.2 Å². The van der Waals surface area contributed by atoms with Crippen LogP contribution in [0.5, 0.6) is 0 Å². The molecule has 0 aromatic heterocycles. The van der Waals surface area contributed by atoms with E-state index in [1.54, 1.807) is 6.08 Å². The van der Waals surface area contributed by atoms with Crippen molar-refractivity contribution in [1.82, 2.24) is 0 Å². The zero-order valence-electron chi connectivity index (χ0n) is 10.1. The van der Waals surface area contributed by atoms with E-state index in [1.165, 1.54) is 0 Å². The molecule has 0 spiro atoms. The average Bonchev–Trinajstić information content (AvgIpc) is 2.30. The van der Waals surface area contributed by atoms with E-state index >= 15 is 0 Å². The minimum atomic E-state index is 0.448. The van der Waals surface area contributed by atoms with Gasteiger partial charge in [0.15, 0.2) is 0 Å². The maximum atomic E-state index is 5.30. The highest BCUT2D eigenvalue weighted by molar-refractivity contribution is 7.81. The third kappa shape index (κ3) is 5.36. The molecule has 0 bridgehead atoms. The fourth-order valence-electron chi connectivity index (χ4n) is 1.22. The molecular weight excluding hydrogens is 234 g/mol. The first-order valence-electron chi connectivity index (χ1n) is 5.59. The fraction of sp³-hybridized carbons (Fsp3) is 0.308. The van der Waals surface area contributed by atoms with Crippen LogP contribution in [0.25, 0.3) is 0 Å². The predicted octanol–water partition coefficient (Wildman–Crippen LogP) is 3.34. The number of thiocarbonyl (C=S) groups is 1. The Labute approximate surface area is 107 Å². The third-order valence-electron chi connectivity index (χ3n) is 1.86. The van der Waals surface area contributed by atoms with Crippen molar-refractivity contribution in [2.24, 2.45) is 0 Å². The minimum absolute atomic E-state index is 0.448. The van der Waals surface area contributed by atoms with E-state index in [4.69, 9.17) is 21.7 Å². The van der Waals surface area contributed by atoms with Gasteiger partial charge in [0, 0.05) is 5.69 Å². The van der Waals surface area contributed by atoms with Crippen LogP contribution in [-0.4, -0.2) is 18.2 Å². The summed E-state index contributed by atoms with van der Waals surface area (Å²) in [4.78, 5) is 0.563. The van der Waals surface area contributed by atoms with Crippen LogP contribution in [0.3, 0.4) is 0 Å². The second-order valence-electron chi connectivity index (χ2n) is 3.18. The minimum Gasteiger partial charge on any atom is -0.466 e. The molecule has 17 heavy (non-hydrogen) atoms. The molecule has 1 rings (SSSR count). The quantitative estimate of drug-likeness (QED) is 0.477. The summed E-state index contributed by atoms with van der Waals surface area (Å²) in [5.41, 5.74) is 0.945. The number of ether oxygens (including phenoxy) is 2. The normalized spacial score (nSPS) is 9.29. The molecule has 0 aliphatic carbocycles. The van der Waals surface area contributed by atoms with Gasteiger partial charge in [-0.15, -0.1) is 0 Å². The molecule has 0 saturated heterocycles. The standard InChI is InChI=1S/C13H17NO2S/c1-3-15-13(16-4-2)10-12(17)14-11-8-6-5-7-9-11/h5-10H,3-4H2,1-2H3,(H,14,17). The van der Waals surface area contributed by atoms with Gasteiger partial charge >= 0.3 is 0 Å². The first-order chi connectivity index (χ1) is 8.26. The average molecular weight is 251 g/mol. The summed E-state index contributed by atoms with van der Waals surface area (Å²) in [6, 6.07) is 9.74. The smallest absolute Gasteiger partial charge is 0.282 e. The molecule has 1 N–H and O–H groups in total. The lowest BCUT2D eigenvalue weighted by Crippen LogP contribution is -2.09. The van der Waals surface area contributed by atoms with Crippen LogP contribution in [0, 0.1) is 0 Å². The lowest BCUT2D eigenvalue weighted by molar-refractivity contribution is 0.0474. The molecule has 4 heteroatoms. The topological polar surface area (TPSA) is 30.5 Å². The Morgan fingerprint density at radius 3 is 2.29 bits per heavy atom. The van der Waals surface area contributed by atoms with Gasteiger partial charge in [-0.3, -0.25) is 0 Å². The van der Waals surface area contributed by atoms with Gasteiger partial charge < -0.3 is 14.8 Å². The molecule has 3 nitrogen and oxygen atoms in total. The van der Waals surface area contributed by atoms with E-state index in [2.05, 4.69) is 5.32 Å². The van der Waals surface area contributed by atoms with Crippen molar-refractivity contribution >= 4 is 22.9 Å². The molecule has 0 aliphatic heterocycles. The highest BCUT2D eigenvalue weighted by atomic mass is 32.1. The molecule has 92 valence electrons. The summed E-state index contributed by atoms with van der Waals surface area (Å²) in [5, 5.41) is 3.08. The molecule has 0 radical (unpaired) electrons. The second-order valence-corrected chi connectivity index (χ2v) is 3.62. The second kappa shape index (κ2) is 7.68. The number of benzene rings is 1. The Kier molecular flexibility index (Phi) is 6.10. The number of rotatable bonds is 6. The van der Waals surface area contributed by atoms with Gasteiger partial charge in [-0.05, 0) is 26.0 Å². The molecule has 1 aromatic carbocycles. The highest BCUT2D eigenvalue weighted by Crippen LogP contribution is 2.07. The fourth-order valence-corrected chi connectivity index (χ4v) is 1.43. The Balaban J connectivity index is 2.59. The summed E-state index contributed by atoms with van der Waals surface area (Å²) in [7, 11) is 0. The summed E-state index contributed by atoms with van der Waals surface area (Å²) >= 11 is 5.19. The molecule has 1 aromatic rings. The van der Waals surface area contributed by atoms with E-state index in [0.717, 1.165) is 5.69 Å². The van der Waals surface area contributed by atoms with Crippen molar-refractivity contribution in [3.8, 4) is 0 Å². The molecule has 0 unspecified atom stereocenters. The van der Waals surface area contributed by atoms with Crippen LogP contribution < -0.4 is 5.32 Å². The molecule has 0 amide bonds. The van der Waals surface area contributed by atoms with Gasteiger partial charge in [0.1, 0.15) is 4.99 Å². The molecule has 0 heterocycles. The number of hydrogen-bond donors (Lipinski definition) is 1. The van der Waals surface area contributed by atoms with Crippen molar-refractivity contribution in [3.05, 3.63) is 42.4 Å². The van der Waals surface area contributed by atoms with Gasteiger partial charge in [0.05, 0.1) is 19.3 Å². The lowest BCUT2D eigenvalue weighted by atomic mass is 10.3. The molecule has 0 fully saturated rings. The van der Waals surface area contributed by atoms with E-state index < -0.39 is 0 Å². The van der Waals surface area contributed by atoms with Crippen LogP contribution in [-0.2, 0) is 9.47 Å². The monoisotopic (exact) mass is 251 g/mol. The SMILES string of the molecule is CCOC(=CC(=S)Nc1ccccc1)OCC. The van der Waals surface area contributed by atoms with Crippen molar-refractivity contribution in [2.75, 3.05) is 18.5 Å². The Hall–Kier alpha value is -1.55. The predicted molar refractivity (Wildman–Crippen MR) is 74.0 cm³/mol. The highest BCUT2D eigenvalue weighted by Gasteiger charge is 2.00. The Bertz CT molecular complexity index is 368. The summed E-state index contributed by atoms with van der Waals surface area (Å²) in [6.07, 6.45) is 1.68. The van der Waals surface area contributed by atoms with E-state index in [9.17, 15) is 0 Å². The maximum absolute atomic E-state index is 5.30. The zero-order valence-corrected chi connectivity index (χ0v) is 10.9. The third-order valence-corrected chi connectivity index (χ3v) is 2.08. The zero-order chi connectivity index (χ0) is 12.5. The van der Waals surface area contributed by atoms with Gasteiger partial charge in [-0.1, -0.05) is 30.4 Å². The number of anilines is 1. The van der Waals surface area contributed by atoms with Crippen LogP contribution in [0.15, 0.2) is 42.4 Å². The lowest BCUT2D eigenvalue weighted by Gasteiger charge is -2.10. The van der Waals surface area contributed by atoms with Gasteiger partial charge in [-0.2, -0.15) is 0 Å². The van der Waals surface area contributed by atoms with E-state index in [1.807, 2.05) is 44.2 Å². The van der Waals surface area contributed by atoms with Crippen molar-refractivity contribution in [3.63, 3.8) is 0 Å². The maximum Gasteiger partial charge on any atom is 0.282 e.